The Balaban J connectivity index is 3.51. The maximum atomic E-state index is 12.5. The zero-order valence-corrected chi connectivity index (χ0v) is 41.8. The molecular weight excluding hydrogens is 763 g/mol. The van der Waals surface area contributed by atoms with Gasteiger partial charge in [0, 0.05) is 6.42 Å². The van der Waals surface area contributed by atoms with E-state index in [1.54, 1.807) is 0 Å². The smallest absolute Gasteiger partial charge is 0.220 e. The molecule has 0 radical (unpaired) electrons. The largest absolute Gasteiger partial charge is 0.394 e. The highest BCUT2D eigenvalue weighted by Gasteiger charge is 2.26. The summed E-state index contributed by atoms with van der Waals surface area (Å²) in [7, 11) is 0. The lowest BCUT2D eigenvalue weighted by Gasteiger charge is -2.26. The molecule has 0 saturated carbocycles. The Morgan fingerprint density at radius 2 is 0.694 bits per heavy atom. The van der Waals surface area contributed by atoms with Crippen LogP contribution in [0.3, 0.4) is 0 Å². The van der Waals surface area contributed by atoms with Gasteiger partial charge in [0.2, 0.25) is 5.91 Å². The fraction of sp³-hybridized carbons (Fsp3) is 0.877. The topological polar surface area (TPSA) is 89.8 Å². The highest BCUT2D eigenvalue weighted by atomic mass is 16.3. The molecule has 0 aromatic rings. The van der Waals surface area contributed by atoms with Gasteiger partial charge < -0.3 is 20.6 Å². The molecule has 0 saturated heterocycles. The number of rotatable bonds is 51. The number of aliphatic hydroxyl groups excluding tert-OH is 3. The second-order valence-corrected chi connectivity index (χ2v) is 19.1. The van der Waals surface area contributed by atoms with Crippen LogP contribution in [-0.4, -0.2) is 46.1 Å². The van der Waals surface area contributed by atoms with E-state index in [1.807, 2.05) is 0 Å². The first kappa shape index (κ1) is 60.6. The van der Waals surface area contributed by atoms with Gasteiger partial charge in [0.15, 0.2) is 0 Å². The lowest BCUT2D eigenvalue weighted by molar-refractivity contribution is -0.124. The van der Waals surface area contributed by atoms with Crippen molar-refractivity contribution in [3.8, 4) is 0 Å². The standard InChI is InChI=1S/C57H109NO4/c1-3-5-7-9-11-13-15-17-19-20-21-22-23-24-25-26-27-28-29-30-31-32-33-34-35-36-38-40-42-44-46-48-50-52-56(61)58-54(53-59)57(62)55(60)51-49-47-45-43-41-39-37-18-16-14-12-10-8-6-4-2/h21-22,24-25,43,45,54-55,57,59-60,62H,3-20,23,26-42,44,46-53H2,1-2H3,(H,58,61)/b22-21-,25-24-,45-43+. The fourth-order valence-electron chi connectivity index (χ4n) is 8.67. The summed E-state index contributed by atoms with van der Waals surface area (Å²) in [5.74, 6) is -0.151. The van der Waals surface area contributed by atoms with Crippen molar-refractivity contribution in [2.75, 3.05) is 6.61 Å². The number of unbranched alkanes of at least 4 members (excludes halogenated alkanes) is 37. The molecule has 62 heavy (non-hydrogen) atoms. The van der Waals surface area contributed by atoms with Gasteiger partial charge in [-0.3, -0.25) is 4.79 Å². The van der Waals surface area contributed by atoms with E-state index in [1.165, 1.54) is 225 Å². The first-order valence-corrected chi connectivity index (χ1v) is 27.8. The van der Waals surface area contributed by atoms with Crippen molar-refractivity contribution >= 4 is 5.91 Å². The summed E-state index contributed by atoms with van der Waals surface area (Å²) in [6.45, 7) is 4.18. The van der Waals surface area contributed by atoms with Crippen molar-refractivity contribution in [2.45, 2.75) is 315 Å². The summed E-state index contributed by atoms with van der Waals surface area (Å²) in [5, 5.41) is 33.6. The Kier molecular flexibility index (Phi) is 51.0. The predicted octanol–water partition coefficient (Wildman–Crippen LogP) is 17.1. The molecule has 366 valence electrons. The third-order valence-corrected chi connectivity index (χ3v) is 13.0. The second kappa shape index (κ2) is 52.2. The summed E-state index contributed by atoms with van der Waals surface area (Å²) < 4.78 is 0. The number of aliphatic hydroxyl groups is 3. The number of carbonyl (C=O) groups is 1. The molecule has 3 unspecified atom stereocenters. The van der Waals surface area contributed by atoms with Crippen LogP contribution in [0.4, 0.5) is 0 Å². The van der Waals surface area contributed by atoms with E-state index < -0.39 is 18.2 Å². The third-order valence-electron chi connectivity index (χ3n) is 13.0. The molecule has 0 aromatic carbocycles. The van der Waals surface area contributed by atoms with E-state index in [9.17, 15) is 20.1 Å². The molecule has 1 amide bonds. The molecule has 0 rings (SSSR count). The van der Waals surface area contributed by atoms with Gasteiger partial charge in [0.05, 0.1) is 18.8 Å². The van der Waals surface area contributed by atoms with Gasteiger partial charge in [0.1, 0.15) is 6.10 Å². The Labute approximate surface area is 387 Å². The summed E-state index contributed by atoms with van der Waals surface area (Å²) >= 11 is 0. The molecule has 0 heterocycles. The molecule has 4 N–H and O–H groups in total. The van der Waals surface area contributed by atoms with Gasteiger partial charge in [-0.2, -0.15) is 0 Å². The third kappa shape index (κ3) is 46.6. The summed E-state index contributed by atoms with van der Waals surface area (Å²) in [4.78, 5) is 12.5. The van der Waals surface area contributed by atoms with Gasteiger partial charge in [-0.15, -0.1) is 0 Å². The fourth-order valence-corrected chi connectivity index (χ4v) is 8.67. The van der Waals surface area contributed by atoms with Crippen LogP contribution >= 0.6 is 0 Å². The van der Waals surface area contributed by atoms with Crippen molar-refractivity contribution < 1.29 is 20.1 Å². The van der Waals surface area contributed by atoms with Crippen LogP contribution in [0.1, 0.15) is 296 Å². The van der Waals surface area contributed by atoms with Crippen LogP contribution in [0.25, 0.3) is 0 Å². The van der Waals surface area contributed by atoms with Crippen LogP contribution < -0.4 is 5.32 Å². The average molecular weight is 873 g/mol. The average Bonchev–Trinajstić information content (AvgIpc) is 3.28. The maximum absolute atomic E-state index is 12.5. The van der Waals surface area contributed by atoms with Crippen LogP contribution in [0.15, 0.2) is 36.5 Å². The van der Waals surface area contributed by atoms with Crippen LogP contribution in [0.5, 0.6) is 0 Å². The molecule has 3 atom stereocenters. The monoisotopic (exact) mass is 872 g/mol. The number of allylic oxidation sites excluding steroid dienone is 6. The first-order valence-electron chi connectivity index (χ1n) is 27.8. The predicted molar refractivity (Wildman–Crippen MR) is 273 cm³/mol. The van der Waals surface area contributed by atoms with Gasteiger partial charge in [-0.25, -0.2) is 0 Å². The minimum absolute atomic E-state index is 0.151. The first-order chi connectivity index (χ1) is 30.6. The van der Waals surface area contributed by atoms with E-state index in [2.05, 4.69) is 55.6 Å². The lowest BCUT2D eigenvalue weighted by atomic mass is 10.0. The SMILES string of the molecule is CCCCCCCCCCC/C=C\C/C=C\CCCCCCCCCCCCCCCCCCCC(=O)NC(CO)C(O)C(O)CCC/C=C/CCCCCCCCCCCC. The van der Waals surface area contributed by atoms with E-state index in [4.69, 9.17) is 0 Å². The number of hydrogen-bond acceptors (Lipinski definition) is 4. The lowest BCUT2D eigenvalue weighted by Crippen LogP contribution is -2.50. The molecule has 5 nitrogen and oxygen atoms in total. The zero-order valence-electron chi connectivity index (χ0n) is 41.8. The van der Waals surface area contributed by atoms with Crippen molar-refractivity contribution in [2.24, 2.45) is 0 Å². The van der Waals surface area contributed by atoms with Crippen molar-refractivity contribution in [3.63, 3.8) is 0 Å². The summed E-state index contributed by atoms with van der Waals surface area (Å²) in [6.07, 6.45) is 67.3. The molecule has 0 spiro atoms. The number of carbonyl (C=O) groups excluding carboxylic acids is 1. The maximum Gasteiger partial charge on any atom is 0.220 e. The Morgan fingerprint density at radius 1 is 0.403 bits per heavy atom. The number of amides is 1. The van der Waals surface area contributed by atoms with E-state index in [-0.39, 0.29) is 12.5 Å². The van der Waals surface area contributed by atoms with Crippen LogP contribution in [-0.2, 0) is 4.79 Å². The highest BCUT2D eigenvalue weighted by molar-refractivity contribution is 5.76. The molecule has 0 aromatic heterocycles. The van der Waals surface area contributed by atoms with Crippen molar-refractivity contribution in [1.82, 2.24) is 5.32 Å². The van der Waals surface area contributed by atoms with Gasteiger partial charge >= 0.3 is 0 Å². The van der Waals surface area contributed by atoms with Crippen molar-refractivity contribution in [1.29, 1.82) is 0 Å². The molecule has 0 aliphatic heterocycles. The number of hydrogen-bond donors (Lipinski definition) is 4. The van der Waals surface area contributed by atoms with Crippen LogP contribution in [0.2, 0.25) is 0 Å². The van der Waals surface area contributed by atoms with Crippen LogP contribution in [0, 0.1) is 0 Å². The van der Waals surface area contributed by atoms with Gasteiger partial charge in [-0.1, -0.05) is 256 Å². The zero-order chi connectivity index (χ0) is 45.1. The molecule has 0 aliphatic carbocycles. The molecule has 0 fully saturated rings. The minimum Gasteiger partial charge on any atom is -0.394 e. The van der Waals surface area contributed by atoms with Gasteiger partial charge in [0.25, 0.3) is 0 Å². The van der Waals surface area contributed by atoms with E-state index in [0.717, 1.165) is 44.9 Å². The molecular formula is C57H109NO4. The summed E-state index contributed by atoms with van der Waals surface area (Å²) in [6, 6.07) is -0.825. The van der Waals surface area contributed by atoms with E-state index in [0.29, 0.717) is 12.8 Å². The summed E-state index contributed by atoms with van der Waals surface area (Å²) in [5.41, 5.74) is 0. The second-order valence-electron chi connectivity index (χ2n) is 19.1. The number of nitrogens with one attached hydrogen (secondary N) is 1. The Hall–Kier alpha value is -1.43. The molecule has 0 bridgehead atoms. The quantitative estimate of drug-likeness (QED) is 0.0362. The minimum atomic E-state index is -1.16. The highest BCUT2D eigenvalue weighted by Crippen LogP contribution is 2.17. The van der Waals surface area contributed by atoms with Crippen molar-refractivity contribution in [3.05, 3.63) is 36.5 Å². The Morgan fingerprint density at radius 3 is 1.03 bits per heavy atom. The normalized spacial score (nSPS) is 13.6. The molecule has 0 aliphatic rings. The van der Waals surface area contributed by atoms with E-state index >= 15 is 0 Å². The van der Waals surface area contributed by atoms with Gasteiger partial charge in [-0.05, 0) is 70.6 Å². The molecule has 5 heteroatoms. The Bertz CT molecular complexity index is 962.